The van der Waals surface area contributed by atoms with Gasteiger partial charge in [-0.05, 0) is 44.5 Å². The molecule has 0 saturated heterocycles. The van der Waals surface area contributed by atoms with Crippen LogP contribution in [0, 0.1) is 6.92 Å². The van der Waals surface area contributed by atoms with Crippen molar-refractivity contribution >= 4 is 11.3 Å². The molecule has 0 aliphatic heterocycles. The van der Waals surface area contributed by atoms with Crippen LogP contribution in [0.3, 0.4) is 0 Å². The van der Waals surface area contributed by atoms with Gasteiger partial charge >= 0.3 is 0 Å². The standard InChI is InChI=1S/C16H20N2OS/c1-11-10-20-16(18-11)9-15(17-2)12-3-5-13(6-4-12)19-14-7-8-14/h3-6,10,14-15,17H,7-9H2,1-2H3. The average molecular weight is 288 g/mol. The van der Waals surface area contributed by atoms with Crippen molar-refractivity contribution < 1.29 is 4.74 Å². The second kappa shape index (κ2) is 5.94. The number of thiazole rings is 1. The van der Waals surface area contributed by atoms with Crippen molar-refractivity contribution in [2.75, 3.05) is 7.05 Å². The Kier molecular flexibility index (Phi) is 4.03. The van der Waals surface area contributed by atoms with Crippen LogP contribution < -0.4 is 10.1 Å². The van der Waals surface area contributed by atoms with Gasteiger partial charge in [0.15, 0.2) is 0 Å². The predicted molar refractivity (Wildman–Crippen MR) is 82.4 cm³/mol. The Morgan fingerprint density at radius 1 is 1.35 bits per heavy atom. The summed E-state index contributed by atoms with van der Waals surface area (Å²) in [4.78, 5) is 4.54. The molecule has 1 saturated carbocycles. The summed E-state index contributed by atoms with van der Waals surface area (Å²) in [5.41, 5.74) is 2.39. The van der Waals surface area contributed by atoms with Gasteiger partial charge in [0, 0.05) is 23.5 Å². The van der Waals surface area contributed by atoms with E-state index >= 15 is 0 Å². The van der Waals surface area contributed by atoms with Crippen LogP contribution in [0.2, 0.25) is 0 Å². The zero-order valence-corrected chi connectivity index (χ0v) is 12.7. The number of likely N-dealkylation sites (N-methyl/N-ethyl adjacent to an activating group) is 1. The first-order valence-corrected chi connectivity index (χ1v) is 7.97. The third-order valence-corrected chi connectivity index (χ3v) is 4.49. The molecule has 0 radical (unpaired) electrons. The molecule has 2 aromatic rings. The molecule has 1 aromatic heterocycles. The summed E-state index contributed by atoms with van der Waals surface area (Å²) in [5, 5.41) is 6.66. The number of benzene rings is 1. The highest BCUT2D eigenvalue weighted by molar-refractivity contribution is 7.09. The molecule has 0 bridgehead atoms. The van der Waals surface area contributed by atoms with Crippen LogP contribution in [-0.2, 0) is 6.42 Å². The Balaban J connectivity index is 1.68. The molecule has 1 aliphatic rings. The van der Waals surface area contributed by atoms with E-state index in [0.717, 1.165) is 17.9 Å². The van der Waals surface area contributed by atoms with E-state index in [2.05, 4.69) is 39.9 Å². The molecule has 1 unspecified atom stereocenters. The van der Waals surface area contributed by atoms with Gasteiger partial charge in [0.2, 0.25) is 0 Å². The van der Waals surface area contributed by atoms with Crippen LogP contribution in [0.15, 0.2) is 29.6 Å². The maximum Gasteiger partial charge on any atom is 0.119 e. The molecule has 106 valence electrons. The predicted octanol–water partition coefficient (Wildman–Crippen LogP) is 3.50. The SMILES string of the molecule is CNC(Cc1nc(C)cs1)c1ccc(OC2CC2)cc1. The number of rotatable bonds is 6. The molecule has 1 aromatic carbocycles. The molecule has 0 spiro atoms. The Labute approximate surface area is 124 Å². The van der Waals surface area contributed by atoms with Gasteiger partial charge in [0.25, 0.3) is 0 Å². The summed E-state index contributed by atoms with van der Waals surface area (Å²) >= 11 is 1.73. The molecule has 4 heteroatoms. The van der Waals surface area contributed by atoms with Crippen LogP contribution in [0.4, 0.5) is 0 Å². The lowest BCUT2D eigenvalue weighted by atomic mass is 10.0. The molecular formula is C16H20N2OS. The maximum atomic E-state index is 5.78. The van der Waals surface area contributed by atoms with Crippen LogP contribution in [0.5, 0.6) is 5.75 Å². The van der Waals surface area contributed by atoms with Crippen LogP contribution in [0.1, 0.15) is 35.1 Å². The highest BCUT2D eigenvalue weighted by Crippen LogP contribution is 2.28. The highest BCUT2D eigenvalue weighted by atomic mass is 32.1. The van der Waals surface area contributed by atoms with Gasteiger partial charge in [-0.15, -0.1) is 11.3 Å². The summed E-state index contributed by atoms with van der Waals surface area (Å²) < 4.78 is 5.78. The normalized spacial score (nSPS) is 16.1. The van der Waals surface area contributed by atoms with E-state index in [4.69, 9.17) is 4.74 Å². The van der Waals surface area contributed by atoms with Gasteiger partial charge in [-0.1, -0.05) is 12.1 Å². The van der Waals surface area contributed by atoms with E-state index in [-0.39, 0.29) is 0 Å². The van der Waals surface area contributed by atoms with Crippen LogP contribution in [-0.4, -0.2) is 18.1 Å². The van der Waals surface area contributed by atoms with Gasteiger partial charge < -0.3 is 10.1 Å². The third kappa shape index (κ3) is 3.38. The Morgan fingerprint density at radius 3 is 2.65 bits per heavy atom. The van der Waals surface area contributed by atoms with Crippen molar-refractivity contribution in [2.24, 2.45) is 0 Å². The Bertz CT molecular complexity index is 560. The maximum absolute atomic E-state index is 5.78. The molecule has 20 heavy (non-hydrogen) atoms. The summed E-state index contributed by atoms with van der Waals surface area (Å²) in [7, 11) is 2.00. The lowest BCUT2D eigenvalue weighted by Gasteiger charge is -2.16. The molecule has 1 heterocycles. The topological polar surface area (TPSA) is 34.2 Å². The minimum absolute atomic E-state index is 0.301. The fourth-order valence-corrected chi connectivity index (χ4v) is 3.03. The van der Waals surface area contributed by atoms with Crippen LogP contribution in [0.25, 0.3) is 0 Å². The van der Waals surface area contributed by atoms with E-state index in [1.807, 2.05) is 14.0 Å². The monoisotopic (exact) mass is 288 g/mol. The summed E-state index contributed by atoms with van der Waals surface area (Å²) in [6.45, 7) is 2.04. The average Bonchev–Trinajstić information content (AvgIpc) is 3.18. The van der Waals surface area contributed by atoms with E-state index in [1.165, 1.54) is 23.4 Å². The van der Waals surface area contributed by atoms with E-state index in [0.29, 0.717) is 12.1 Å². The first kappa shape index (κ1) is 13.6. The number of hydrogen-bond donors (Lipinski definition) is 1. The van der Waals surface area contributed by atoms with Gasteiger partial charge in [0.05, 0.1) is 11.1 Å². The number of aryl methyl sites for hydroxylation is 1. The largest absolute Gasteiger partial charge is 0.490 e. The molecule has 1 atom stereocenters. The Morgan fingerprint density at radius 2 is 2.10 bits per heavy atom. The zero-order chi connectivity index (χ0) is 13.9. The van der Waals surface area contributed by atoms with E-state index < -0.39 is 0 Å². The number of nitrogens with one attached hydrogen (secondary N) is 1. The van der Waals surface area contributed by atoms with Gasteiger partial charge in [-0.2, -0.15) is 0 Å². The van der Waals surface area contributed by atoms with Crippen LogP contribution >= 0.6 is 11.3 Å². The first-order valence-electron chi connectivity index (χ1n) is 7.09. The van der Waals surface area contributed by atoms with E-state index in [9.17, 15) is 0 Å². The molecule has 3 rings (SSSR count). The molecule has 1 aliphatic carbocycles. The van der Waals surface area contributed by atoms with Gasteiger partial charge in [0.1, 0.15) is 5.75 Å². The van der Waals surface area contributed by atoms with E-state index in [1.54, 1.807) is 11.3 Å². The third-order valence-electron chi connectivity index (χ3n) is 3.50. The minimum atomic E-state index is 0.301. The molecule has 1 N–H and O–H groups in total. The lowest BCUT2D eigenvalue weighted by molar-refractivity contribution is 0.303. The minimum Gasteiger partial charge on any atom is -0.490 e. The number of hydrogen-bond acceptors (Lipinski definition) is 4. The van der Waals surface area contributed by atoms with Crippen molar-refractivity contribution in [1.29, 1.82) is 0 Å². The van der Waals surface area contributed by atoms with Crippen molar-refractivity contribution in [3.05, 3.63) is 45.9 Å². The number of aromatic nitrogens is 1. The van der Waals surface area contributed by atoms with Crippen molar-refractivity contribution in [3.8, 4) is 5.75 Å². The molecule has 1 fully saturated rings. The summed E-state index contributed by atoms with van der Waals surface area (Å²) in [5.74, 6) is 0.983. The van der Waals surface area contributed by atoms with Gasteiger partial charge in [-0.3, -0.25) is 0 Å². The van der Waals surface area contributed by atoms with Gasteiger partial charge in [-0.25, -0.2) is 4.98 Å². The summed E-state index contributed by atoms with van der Waals surface area (Å²) in [6.07, 6.45) is 3.78. The van der Waals surface area contributed by atoms with Crippen molar-refractivity contribution in [3.63, 3.8) is 0 Å². The molecular weight excluding hydrogens is 268 g/mol. The molecule has 3 nitrogen and oxygen atoms in total. The lowest BCUT2D eigenvalue weighted by Crippen LogP contribution is -2.18. The Hall–Kier alpha value is -1.39. The highest BCUT2D eigenvalue weighted by Gasteiger charge is 2.23. The fourth-order valence-electron chi connectivity index (χ4n) is 2.21. The van der Waals surface area contributed by atoms with Crippen molar-refractivity contribution in [2.45, 2.75) is 38.3 Å². The zero-order valence-electron chi connectivity index (χ0n) is 11.9. The molecule has 0 amide bonds. The summed E-state index contributed by atoms with van der Waals surface area (Å²) in [6, 6.07) is 8.75. The fraction of sp³-hybridized carbons (Fsp3) is 0.438. The number of ether oxygens (including phenoxy) is 1. The van der Waals surface area contributed by atoms with Crippen molar-refractivity contribution in [1.82, 2.24) is 10.3 Å². The smallest absolute Gasteiger partial charge is 0.119 e. The first-order chi connectivity index (χ1) is 9.74. The number of nitrogens with zero attached hydrogens (tertiary/aromatic N) is 1. The second-order valence-corrected chi connectivity index (χ2v) is 6.26. The quantitative estimate of drug-likeness (QED) is 0.883. The second-order valence-electron chi connectivity index (χ2n) is 5.31.